The molecule has 6 nitrogen and oxygen atoms in total. The standard InChI is InChI=1S/C16H13N3O3/c1-9-14(13-3-2-6-22-13)19(16(21)15(9)20)10-4-5-11-12(7-10)18-8-17-11/h2-9,14H,1H3,(H,17,18). The largest absolute Gasteiger partial charge is 0.467 e. The number of nitrogens with zero attached hydrogens (tertiary/aromatic N) is 2. The summed E-state index contributed by atoms with van der Waals surface area (Å²) >= 11 is 0. The van der Waals surface area contributed by atoms with Crippen molar-refractivity contribution >= 4 is 28.4 Å². The minimum atomic E-state index is -0.507. The highest BCUT2D eigenvalue weighted by Crippen LogP contribution is 2.39. The Morgan fingerprint density at radius 3 is 2.91 bits per heavy atom. The van der Waals surface area contributed by atoms with Crippen LogP contribution in [-0.4, -0.2) is 21.7 Å². The number of amides is 1. The number of anilines is 1. The first-order valence-corrected chi connectivity index (χ1v) is 7.01. The quantitative estimate of drug-likeness (QED) is 0.736. The number of carbonyl (C=O) groups excluding carboxylic acids is 2. The Morgan fingerprint density at radius 2 is 2.14 bits per heavy atom. The molecule has 3 aromatic rings. The number of imidazole rings is 1. The normalized spacial score (nSPS) is 22.0. The van der Waals surface area contributed by atoms with Gasteiger partial charge in [0.05, 0.1) is 29.5 Å². The van der Waals surface area contributed by atoms with Crippen LogP contribution in [0.15, 0.2) is 47.3 Å². The minimum Gasteiger partial charge on any atom is -0.467 e. The van der Waals surface area contributed by atoms with Crippen LogP contribution in [0.25, 0.3) is 11.0 Å². The van der Waals surface area contributed by atoms with E-state index in [9.17, 15) is 9.59 Å². The lowest BCUT2D eigenvalue weighted by Crippen LogP contribution is -2.29. The minimum absolute atomic E-state index is 0.397. The molecule has 0 saturated carbocycles. The van der Waals surface area contributed by atoms with E-state index in [4.69, 9.17) is 4.42 Å². The van der Waals surface area contributed by atoms with Crippen molar-refractivity contribution in [3.63, 3.8) is 0 Å². The lowest BCUT2D eigenvalue weighted by molar-refractivity contribution is -0.135. The van der Waals surface area contributed by atoms with Crippen LogP contribution in [0, 0.1) is 5.92 Å². The summed E-state index contributed by atoms with van der Waals surface area (Å²) in [7, 11) is 0. The van der Waals surface area contributed by atoms with Gasteiger partial charge in [-0.3, -0.25) is 14.5 Å². The van der Waals surface area contributed by atoms with Crippen LogP contribution < -0.4 is 4.90 Å². The van der Waals surface area contributed by atoms with E-state index >= 15 is 0 Å². The Hall–Kier alpha value is -2.89. The van der Waals surface area contributed by atoms with Gasteiger partial charge in [-0.2, -0.15) is 0 Å². The highest BCUT2D eigenvalue weighted by molar-refractivity contribution is 6.44. The van der Waals surface area contributed by atoms with Crippen molar-refractivity contribution in [1.82, 2.24) is 9.97 Å². The van der Waals surface area contributed by atoms with E-state index in [0.717, 1.165) is 11.0 Å². The van der Waals surface area contributed by atoms with Gasteiger partial charge in [-0.25, -0.2) is 4.98 Å². The van der Waals surface area contributed by atoms with Gasteiger partial charge >= 0.3 is 0 Å². The second kappa shape index (κ2) is 4.56. The van der Waals surface area contributed by atoms with Gasteiger partial charge in [0.15, 0.2) is 0 Å². The number of benzene rings is 1. The molecule has 2 aromatic heterocycles. The van der Waals surface area contributed by atoms with Crippen LogP contribution in [-0.2, 0) is 9.59 Å². The number of Topliss-reactive ketones (excluding diaryl/α,β-unsaturated/α-hetero) is 1. The maximum Gasteiger partial charge on any atom is 0.295 e. The van der Waals surface area contributed by atoms with Gasteiger partial charge in [0.2, 0.25) is 5.78 Å². The molecule has 3 heterocycles. The lowest BCUT2D eigenvalue weighted by Gasteiger charge is -2.24. The Bertz CT molecular complexity index is 866. The summed E-state index contributed by atoms with van der Waals surface area (Å²) in [6.45, 7) is 1.75. The molecule has 4 rings (SSSR count). The second-order valence-corrected chi connectivity index (χ2v) is 5.39. The number of rotatable bonds is 2. The van der Waals surface area contributed by atoms with Crippen molar-refractivity contribution in [3.05, 3.63) is 48.7 Å². The Labute approximate surface area is 125 Å². The lowest BCUT2D eigenvalue weighted by atomic mass is 9.99. The van der Waals surface area contributed by atoms with Gasteiger partial charge in [0, 0.05) is 5.69 Å². The summed E-state index contributed by atoms with van der Waals surface area (Å²) in [5.74, 6) is -0.744. The molecular weight excluding hydrogens is 282 g/mol. The van der Waals surface area contributed by atoms with Gasteiger partial charge in [0.1, 0.15) is 11.8 Å². The summed E-state index contributed by atoms with van der Waals surface area (Å²) in [6.07, 6.45) is 3.14. The number of hydrogen-bond donors (Lipinski definition) is 1. The molecule has 1 saturated heterocycles. The average molecular weight is 295 g/mol. The smallest absolute Gasteiger partial charge is 0.295 e. The molecule has 6 heteroatoms. The number of H-pyrrole nitrogens is 1. The summed E-state index contributed by atoms with van der Waals surface area (Å²) in [5.41, 5.74) is 2.28. The fourth-order valence-corrected chi connectivity index (χ4v) is 2.99. The van der Waals surface area contributed by atoms with Gasteiger partial charge < -0.3 is 9.40 Å². The maximum atomic E-state index is 12.4. The van der Waals surface area contributed by atoms with Crippen LogP contribution in [0.3, 0.4) is 0 Å². The molecule has 110 valence electrons. The van der Waals surface area contributed by atoms with E-state index in [1.165, 1.54) is 4.90 Å². The summed E-state index contributed by atoms with van der Waals surface area (Å²) in [4.78, 5) is 33.2. The zero-order valence-electron chi connectivity index (χ0n) is 11.8. The highest BCUT2D eigenvalue weighted by atomic mass is 16.3. The number of aromatic amines is 1. The van der Waals surface area contributed by atoms with Gasteiger partial charge in [0.25, 0.3) is 5.91 Å². The highest BCUT2D eigenvalue weighted by Gasteiger charge is 2.47. The Kier molecular flexibility index (Phi) is 2.66. The molecule has 1 aromatic carbocycles. The van der Waals surface area contributed by atoms with Crippen molar-refractivity contribution in [2.24, 2.45) is 5.92 Å². The third-order valence-corrected chi connectivity index (χ3v) is 4.11. The predicted molar refractivity (Wildman–Crippen MR) is 79.2 cm³/mol. The maximum absolute atomic E-state index is 12.4. The number of carbonyl (C=O) groups is 2. The Balaban J connectivity index is 1.86. The van der Waals surface area contributed by atoms with Crippen LogP contribution >= 0.6 is 0 Å². The van der Waals surface area contributed by atoms with Crippen LogP contribution in [0.4, 0.5) is 5.69 Å². The molecule has 1 fully saturated rings. The average Bonchev–Trinajstić information content (AvgIpc) is 3.23. The van der Waals surface area contributed by atoms with Crippen molar-refractivity contribution in [2.75, 3.05) is 4.90 Å². The fourth-order valence-electron chi connectivity index (χ4n) is 2.99. The fraction of sp³-hybridized carbons (Fsp3) is 0.188. The van der Waals surface area contributed by atoms with Crippen LogP contribution in [0.2, 0.25) is 0 Å². The van der Waals surface area contributed by atoms with Crippen LogP contribution in [0.5, 0.6) is 0 Å². The van der Waals surface area contributed by atoms with E-state index in [2.05, 4.69) is 9.97 Å². The van der Waals surface area contributed by atoms with Gasteiger partial charge in [-0.15, -0.1) is 0 Å². The first kappa shape index (κ1) is 12.8. The van der Waals surface area contributed by atoms with E-state index in [0.29, 0.717) is 11.4 Å². The third-order valence-electron chi connectivity index (χ3n) is 4.11. The molecule has 1 N–H and O–H groups in total. The summed E-state index contributed by atoms with van der Waals surface area (Å²) < 4.78 is 5.44. The molecule has 2 unspecified atom stereocenters. The number of furan rings is 1. The molecule has 0 radical (unpaired) electrons. The van der Waals surface area contributed by atoms with Crippen molar-refractivity contribution in [2.45, 2.75) is 13.0 Å². The molecule has 0 spiro atoms. The van der Waals surface area contributed by atoms with E-state index in [1.54, 1.807) is 37.7 Å². The topological polar surface area (TPSA) is 79.2 Å². The summed E-state index contributed by atoms with van der Waals surface area (Å²) in [5, 5.41) is 0. The molecule has 2 atom stereocenters. The number of ketones is 1. The molecule has 0 aliphatic carbocycles. The van der Waals surface area contributed by atoms with Gasteiger partial charge in [-0.1, -0.05) is 6.92 Å². The first-order valence-electron chi connectivity index (χ1n) is 7.01. The third kappa shape index (κ3) is 1.70. The van der Waals surface area contributed by atoms with Crippen molar-refractivity contribution in [1.29, 1.82) is 0 Å². The number of hydrogen-bond acceptors (Lipinski definition) is 4. The Morgan fingerprint density at radius 1 is 1.27 bits per heavy atom. The summed E-state index contributed by atoms with van der Waals surface area (Å²) in [6, 6.07) is 8.56. The first-order chi connectivity index (χ1) is 10.7. The molecule has 22 heavy (non-hydrogen) atoms. The molecule has 0 bridgehead atoms. The molecule has 1 amide bonds. The van der Waals surface area contributed by atoms with E-state index < -0.39 is 23.7 Å². The number of fused-ring (bicyclic) bond motifs is 1. The van der Waals surface area contributed by atoms with E-state index in [1.807, 2.05) is 12.1 Å². The molecule has 1 aliphatic rings. The molecule has 1 aliphatic heterocycles. The van der Waals surface area contributed by atoms with Crippen molar-refractivity contribution < 1.29 is 14.0 Å². The van der Waals surface area contributed by atoms with Gasteiger partial charge in [-0.05, 0) is 30.3 Å². The number of nitrogens with one attached hydrogen (secondary N) is 1. The number of aromatic nitrogens is 2. The monoisotopic (exact) mass is 295 g/mol. The zero-order chi connectivity index (χ0) is 15.3. The van der Waals surface area contributed by atoms with Crippen molar-refractivity contribution in [3.8, 4) is 0 Å². The predicted octanol–water partition coefficient (Wildman–Crippen LogP) is 2.45. The SMILES string of the molecule is CC1C(=O)C(=O)N(c2ccc3nc[nH]c3c2)C1c1ccco1. The van der Waals surface area contributed by atoms with E-state index in [-0.39, 0.29) is 0 Å². The zero-order valence-corrected chi connectivity index (χ0v) is 11.8. The van der Waals surface area contributed by atoms with Crippen LogP contribution in [0.1, 0.15) is 18.7 Å². The molecular formula is C16H13N3O3. The second-order valence-electron chi connectivity index (χ2n) is 5.39.